The fraction of sp³-hybridized carbons (Fsp3) is 0.478. The summed E-state index contributed by atoms with van der Waals surface area (Å²) in [5.41, 5.74) is 6.80. The van der Waals surface area contributed by atoms with E-state index >= 15 is 0 Å². The highest BCUT2D eigenvalue weighted by Crippen LogP contribution is 2.30. The van der Waals surface area contributed by atoms with Gasteiger partial charge in [-0.3, -0.25) is 0 Å². The van der Waals surface area contributed by atoms with Gasteiger partial charge < -0.3 is 10.4 Å². The van der Waals surface area contributed by atoms with Gasteiger partial charge in [-0.25, -0.2) is 0 Å². The molecule has 2 heteroatoms. The second-order valence-corrected chi connectivity index (χ2v) is 9.09. The predicted octanol–water partition coefficient (Wildman–Crippen LogP) is 4.04. The van der Waals surface area contributed by atoms with E-state index < -0.39 is 0 Å². The zero-order valence-corrected chi connectivity index (χ0v) is 16.7. The first-order valence-electron chi connectivity index (χ1n) is 9.25. The van der Waals surface area contributed by atoms with Crippen LogP contribution >= 0.6 is 0 Å². The molecule has 0 saturated carbocycles. The van der Waals surface area contributed by atoms with Crippen LogP contribution in [-0.4, -0.2) is 5.11 Å². The van der Waals surface area contributed by atoms with E-state index in [0.29, 0.717) is 0 Å². The SMILES string of the molecule is CC(C)(C)c1cc(C[NH2+]Cc2ccc(CO)cc2)cc(C(C)(C)C)c1. The van der Waals surface area contributed by atoms with E-state index in [4.69, 9.17) is 5.11 Å². The minimum Gasteiger partial charge on any atom is -0.392 e. The van der Waals surface area contributed by atoms with E-state index in [1.807, 2.05) is 12.1 Å². The molecule has 0 fully saturated rings. The molecule has 0 radical (unpaired) electrons. The smallest absolute Gasteiger partial charge is 0.102 e. The van der Waals surface area contributed by atoms with Gasteiger partial charge in [0.05, 0.1) is 6.61 Å². The average Bonchev–Trinajstić information content (AvgIpc) is 2.53. The Balaban J connectivity index is 2.12. The Hall–Kier alpha value is -1.64. The largest absolute Gasteiger partial charge is 0.392 e. The molecule has 0 saturated heterocycles. The minimum atomic E-state index is 0.110. The lowest BCUT2D eigenvalue weighted by Gasteiger charge is -2.26. The van der Waals surface area contributed by atoms with Crippen molar-refractivity contribution in [1.29, 1.82) is 0 Å². The van der Waals surface area contributed by atoms with Crippen LogP contribution in [0, 0.1) is 0 Å². The summed E-state index contributed by atoms with van der Waals surface area (Å²) in [5.74, 6) is 0. The summed E-state index contributed by atoms with van der Waals surface area (Å²) in [5, 5.41) is 11.5. The maximum absolute atomic E-state index is 9.13. The highest BCUT2D eigenvalue weighted by Gasteiger charge is 2.20. The van der Waals surface area contributed by atoms with Crippen molar-refractivity contribution in [3.05, 3.63) is 70.3 Å². The zero-order chi connectivity index (χ0) is 18.7. The maximum Gasteiger partial charge on any atom is 0.102 e. The van der Waals surface area contributed by atoms with Crippen molar-refractivity contribution in [2.24, 2.45) is 0 Å². The lowest BCUT2D eigenvalue weighted by molar-refractivity contribution is -0.686. The second-order valence-electron chi connectivity index (χ2n) is 9.09. The summed E-state index contributed by atoms with van der Waals surface area (Å²) in [7, 11) is 0. The molecule has 2 nitrogen and oxygen atoms in total. The Morgan fingerprint density at radius 3 is 1.56 bits per heavy atom. The molecular weight excluding hydrogens is 306 g/mol. The number of aliphatic hydroxyl groups is 1. The van der Waals surface area contributed by atoms with E-state index in [0.717, 1.165) is 18.7 Å². The molecule has 0 aromatic heterocycles. The van der Waals surface area contributed by atoms with Gasteiger partial charge in [0.2, 0.25) is 0 Å². The highest BCUT2D eigenvalue weighted by atomic mass is 16.3. The molecule has 2 rings (SSSR count). The molecule has 0 aliphatic rings. The van der Waals surface area contributed by atoms with E-state index in [2.05, 4.69) is 77.2 Å². The van der Waals surface area contributed by atoms with Crippen molar-refractivity contribution in [3.8, 4) is 0 Å². The van der Waals surface area contributed by atoms with Crippen molar-refractivity contribution in [2.45, 2.75) is 72.1 Å². The van der Waals surface area contributed by atoms with Crippen LogP contribution in [0.25, 0.3) is 0 Å². The first-order chi connectivity index (χ1) is 11.6. The molecule has 0 atom stereocenters. The van der Waals surface area contributed by atoms with Crippen molar-refractivity contribution >= 4 is 0 Å². The lowest BCUT2D eigenvalue weighted by Crippen LogP contribution is -2.80. The van der Waals surface area contributed by atoms with Crippen LogP contribution in [-0.2, 0) is 30.5 Å². The summed E-state index contributed by atoms with van der Waals surface area (Å²) < 4.78 is 0. The Morgan fingerprint density at radius 1 is 0.680 bits per heavy atom. The molecule has 0 unspecified atom stereocenters. The molecule has 0 spiro atoms. The van der Waals surface area contributed by atoms with Crippen molar-refractivity contribution < 1.29 is 10.4 Å². The van der Waals surface area contributed by atoms with Gasteiger partial charge in [0.1, 0.15) is 13.1 Å². The van der Waals surface area contributed by atoms with Crippen molar-refractivity contribution in [3.63, 3.8) is 0 Å². The monoisotopic (exact) mass is 340 g/mol. The van der Waals surface area contributed by atoms with Gasteiger partial charge in [-0.1, -0.05) is 71.9 Å². The fourth-order valence-corrected chi connectivity index (χ4v) is 2.86. The predicted molar refractivity (Wildman–Crippen MR) is 106 cm³/mol. The molecule has 0 amide bonds. The van der Waals surface area contributed by atoms with E-state index in [1.165, 1.54) is 22.3 Å². The van der Waals surface area contributed by atoms with E-state index in [9.17, 15) is 0 Å². The normalized spacial score (nSPS) is 12.4. The maximum atomic E-state index is 9.13. The molecule has 2 aromatic rings. The van der Waals surface area contributed by atoms with Gasteiger partial charge in [0.15, 0.2) is 0 Å². The third-order valence-electron chi connectivity index (χ3n) is 4.69. The molecule has 0 bridgehead atoms. The average molecular weight is 341 g/mol. The zero-order valence-electron chi connectivity index (χ0n) is 16.7. The van der Waals surface area contributed by atoms with Crippen molar-refractivity contribution in [1.82, 2.24) is 0 Å². The molecule has 0 heterocycles. The number of hydrogen-bond donors (Lipinski definition) is 2. The molecule has 0 aliphatic carbocycles. The molecular formula is C23H34NO+. The van der Waals surface area contributed by atoms with Crippen LogP contribution in [0.15, 0.2) is 42.5 Å². The van der Waals surface area contributed by atoms with Crippen LogP contribution in [0.4, 0.5) is 0 Å². The van der Waals surface area contributed by atoms with Gasteiger partial charge in [-0.15, -0.1) is 0 Å². The number of aliphatic hydroxyl groups excluding tert-OH is 1. The summed E-state index contributed by atoms with van der Waals surface area (Å²) in [4.78, 5) is 0. The first-order valence-corrected chi connectivity index (χ1v) is 9.25. The molecule has 3 N–H and O–H groups in total. The fourth-order valence-electron chi connectivity index (χ4n) is 2.86. The van der Waals surface area contributed by atoms with Gasteiger partial charge in [-0.05, 0) is 39.7 Å². The topological polar surface area (TPSA) is 36.8 Å². The molecule has 136 valence electrons. The summed E-state index contributed by atoms with van der Waals surface area (Å²) in [6, 6.07) is 15.3. The molecule has 2 aromatic carbocycles. The van der Waals surface area contributed by atoms with Crippen LogP contribution in [0.1, 0.15) is 69.4 Å². The van der Waals surface area contributed by atoms with Gasteiger partial charge >= 0.3 is 0 Å². The Kier molecular flexibility index (Phi) is 6.08. The standard InChI is InChI=1S/C23H33NO/c1-22(2,3)20-11-19(12-21(13-20)23(4,5)6)15-24-14-17-7-9-18(16-25)10-8-17/h7-13,24-25H,14-16H2,1-6H3/p+1. The summed E-state index contributed by atoms with van der Waals surface area (Å²) >= 11 is 0. The summed E-state index contributed by atoms with van der Waals surface area (Å²) in [6.45, 7) is 15.7. The van der Waals surface area contributed by atoms with Crippen LogP contribution in [0.5, 0.6) is 0 Å². The number of hydrogen-bond acceptors (Lipinski definition) is 1. The van der Waals surface area contributed by atoms with E-state index in [1.54, 1.807) is 0 Å². The Bertz CT molecular complexity index is 655. The number of benzene rings is 2. The van der Waals surface area contributed by atoms with E-state index in [-0.39, 0.29) is 17.4 Å². The number of quaternary nitrogens is 1. The third-order valence-corrected chi connectivity index (χ3v) is 4.69. The van der Waals surface area contributed by atoms with Crippen LogP contribution in [0.2, 0.25) is 0 Å². The minimum absolute atomic E-state index is 0.110. The van der Waals surface area contributed by atoms with Crippen LogP contribution < -0.4 is 5.32 Å². The Morgan fingerprint density at radius 2 is 1.12 bits per heavy atom. The van der Waals surface area contributed by atoms with Crippen molar-refractivity contribution in [2.75, 3.05) is 0 Å². The Labute approximate surface area is 153 Å². The number of rotatable bonds is 5. The molecule has 25 heavy (non-hydrogen) atoms. The highest BCUT2D eigenvalue weighted by molar-refractivity contribution is 5.37. The second kappa shape index (κ2) is 7.72. The first kappa shape index (κ1) is 19.7. The number of nitrogens with two attached hydrogens (primary N) is 1. The van der Waals surface area contributed by atoms with Gasteiger partial charge in [0, 0.05) is 11.1 Å². The van der Waals surface area contributed by atoms with Gasteiger partial charge in [-0.2, -0.15) is 0 Å². The molecule has 0 aliphatic heterocycles. The van der Waals surface area contributed by atoms with Gasteiger partial charge in [0.25, 0.3) is 0 Å². The van der Waals surface area contributed by atoms with Crippen LogP contribution in [0.3, 0.4) is 0 Å². The lowest BCUT2D eigenvalue weighted by atomic mass is 9.79. The summed E-state index contributed by atoms with van der Waals surface area (Å²) in [6.07, 6.45) is 0. The third kappa shape index (κ3) is 5.69. The quantitative estimate of drug-likeness (QED) is 0.847.